The fraction of sp³-hybridized carbons (Fsp3) is 0.100. The third-order valence-electron chi connectivity index (χ3n) is 2.05. The molecule has 0 aliphatic carbocycles. The highest BCUT2D eigenvalue weighted by atomic mass is 127. The third kappa shape index (κ3) is 2.74. The SMILES string of the molecule is FC(F)(F)c1ccn(-c2ccc(I)c(Cl)c2)n1. The van der Waals surface area contributed by atoms with Crippen molar-refractivity contribution < 1.29 is 13.2 Å². The van der Waals surface area contributed by atoms with Gasteiger partial charge in [-0.15, -0.1) is 0 Å². The Hall–Kier alpha value is -0.760. The number of rotatable bonds is 1. The molecule has 2 nitrogen and oxygen atoms in total. The number of aromatic nitrogens is 2. The van der Waals surface area contributed by atoms with Crippen molar-refractivity contribution in [3.8, 4) is 5.69 Å². The maximum Gasteiger partial charge on any atom is 0.435 e. The quantitative estimate of drug-likeness (QED) is 0.688. The molecule has 90 valence electrons. The summed E-state index contributed by atoms with van der Waals surface area (Å²) < 4.78 is 39.0. The predicted molar refractivity (Wildman–Crippen MR) is 66.3 cm³/mol. The van der Waals surface area contributed by atoms with Gasteiger partial charge in [-0.05, 0) is 46.9 Å². The number of hydrogen-bond acceptors (Lipinski definition) is 1. The lowest BCUT2D eigenvalue weighted by molar-refractivity contribution is -0.141. The van der Waals surface area contributed by atoms with E-state index in [-0.39, 0.29) is 0 Å². The fourth-order valence-electron chi connectivity index (χ4n) is 1.25. The maximum absolute atomic E-state index is 12.4. The third-order valence-corrected chi connectivity index (χ3v) is 3.62. The van der Waals surface area contributed by atoms with Crippen molar-refractivity contribution in [2.24, 2.45) is 0 Å². The number of benzene rings is 1. The molecule has 2 aromatic rings. The molecule has 0 N–H and O–H groups in total. The Morgan fingerprint density at radius 1 is 1.24 bits per heavy atom. The van der Waals surface area contributed by atoms with E-state index in [1.807, 2.05) is 22.6 Å². The van der Waals surface area contributed by atoms with Crippen LogP contribution in [-0.4, -0.2) is 9.78 Å². The van der Waals surface area contributed by atoms with Crippen molar-refractivity contribution in [1.82, 2.24) is 9.78 Å². The second-order valence-corrected chi connectivity index (χ2v) is 4.81. The van der Waals surface area contributed by atoms with Crippen LogP contribution in [-0.2, 0) is 6.18 Å². The van der Waals surface area contributed by atoms with Crippen LogP contribution in [0.15, 0.2) is 30.5 Å². The normalized spacial score (nSPS) is 11.8. The molecule has 2 rings (SSSR count). The summed E-state index contributed by atoms with van der Waals surface area (Å²) in [4.78, 5) is 0. The molecule has 1 heterocycles. The molecular formula is C10H5ClF3IN2. The Kier molecular flexibility index (Phi) is 3.35. The monoisotopic (exact) mass is 372 g/mol. The molecule has 0 bridgehead atoms. The average molecular weight is 373 g/mol. The summed E-state index contributed by atoms with van der Waals surface area (Å²) in [5.74, 6) is 0. The highest BCUT2D eigenvalue weighted by Gasteiger charge is 2.33. The molecule has 0 atom stereocenters. The second-order valence-electron chi connectivity index (χ2n) is 3.24. The van der Waals surface area contributed by atoms with E-state index in [2.05, 4.69) is 5.10 Å². The van der Waals surface area contributed by atoms with Gasteiger partial charge >= 0.3 is 6.18 Å². The molecule has 0 amide bonds. The van der Waals surface area contributed by atoms with Crippen molar-refractivity contribution >= 4 is 34.2 Å². The molecule has 0 unspecified atom stereocenters. The lowest BCUT2D eigenvalue weighted by Crippen LogP contribution is -2.07. The standard InChI is InChI=1S/C10H5ClF3IN2/c11-7-5-6(1-2-8(7)15)17-4-3-9(16-17)10(12,13)14/h1-5H. The van der Waals surface area contributed by atoms with Gasteiger partial charge in [-0.3, -0.25) is 0 Å². The highest BCUT2D eigenvalue weighted by molar-refractivity contribution is 14.1. The summed E-state index contributed by atoms with van der Waals surface area (Å²) in [6.45, 7) is 0. The number of alkyl halides is 3. The molecule has 17 heavy (non-hydrogen) atoms. The van der Waals surface area contributed by atoms with E-state index >= 15 is 0 Å². The van der Waals surface area contributed by atoms with Gasteiger partial charge < -0.3 is 0 Å². The molecule has 0 spiro atoms. The minimum Gasteiger partial charge on any atom is -0.240 e. The summed E-state index contributed by atoms with van der Waals surface area (Å²) in [6, 6.07) is 5.86. The molecule has 0 aliphatic heterocycles. The van der Waals surface area contributed by atoms with Gasteiger partial charge in [-0.1, -0.05) is 11.6 Å². The van der Waals surface area contributed by atoms with Gasteiger partial charge in [-0.25, -0.2) is 4.68 Å². The van der Waals surface area contributed by atoms with E-state index in [1.54, 1.807) is 18.2 Å². The van der Waals surface area contributed by atoms with Gasteiger partial charge in [0.05, 0.1) is 10.7 Å². The van der Waals surface area contributed by atoms with E-state index in [9.17, 15) is 13.2 Å². The van der Waals surface area contributed by atoms with Crippen LogP contribution in [0.4, 0.5) is 13.2 Å². The van der Waals surface area contributed by atoms with Crippen molar-refractivity contribution in [1.29, 1.82) is 0 Å². The zero-order chi connectivity index (χ0) is 12.6. The van der Waals surface area contributed by atoms with Crippen molar-refractivity contribution in [3.05, 3.63) is 44.7 Å². The highest BCUT2D eigenvalue weighted by Crippen LogP contribution is 2.28. The lowest BCUT2D eigenvalue weighted by Gasteiger charge is -2.04. The molecule has 0 saturated heterocycles. The molecular weight excluding hydrogens is 367 g/mol. The Morgan fingerprint density at radius 3 is 2.47 bits per heavy atom. The Labute approximate surface area is 114 Å². The van der Waals surface area contributed by atoms with Gasteiger partial charge in [0, 0.05) is 9.77 Å². The molecule has 0 radical (unpaired) electrons. The second kappa shape index (κ2) is 4.49. The zero-order valence-corrected chi connectivity index (χ0v) is 11.1. The van der Waals surface area contributed by atoms with E-state index in [0.717, 1.165) is 14.3 Å². The maximum atomic E-state index is 12.4. The molecule has 1 aromatic heterocycles. The molecule has 1 aromatic carbocycles. The summed E-state index contributed by atoms with van der Waals surface area (Å²) in [5, 5.41) is 3.93. The zero-order valence-electron chi connectivity index (χ0n) is 8.17. The molecule has 7 heteroatoms. The van der Waals surface area contributed by atoms with E-state index < -0.39 is 11.9 Å². The molecule has 0 saturated carbocycles. The van der Waals surface area contributed by atoms with Crippen LogP contribution in [0, 0.1) is 3.57 Å². The predicted octanol–water partition coefficient (Wildman–Crippen LogP) is 4.15. The van der Waals surface area contributed by atoms with Crippen molar-refractivity contribution in [3.63, 3.8) is 0 Å². The van der Waals surface area contributed by atoms with Crippen LogP contribution in [0.5, 0.6) is 0 Å². The van der Waals surface area contributed by atoms with Gasteiger partial charge in [0.25, 0.3) is 0 Å². The topological polar surface area (TPSA) is 17.8 Å². The minimum atomic E-state index is -4.43. The number of nitrogens with zero attached hydrogens (tertiary/aromatic N) is 2. The summed E-state index contributed by atoms with van der Waals surface area (Å²) in [7, 11) is 0. The number of halogens is 5. The first-order valence-electron chi connectivity index (χ1n) is 4.46. The van der Waals surface area contributed by atoms with Gasteiger partial charge in [0.2, 0.25) is 0 Å². The van der Waals surface area contributed by atoms with Crippen molar-refractivity contribution in [2.75, 3.05) is 0 Å². The van der Waals surface area contributed by atoms with Gasteiger partial charge in [0.1, 0.15) is 0 Å². The smallest absolute Gasteiger partial charge is 0.240 e. The summed E-state index contributed by atoms with van der Waals surface area (Å²) in [6.07, 6.45) is -3.18. The largest absolute Gasteiger partial charge is 0.435 e. The van der Waals surface area contributed by atoms with Crippen LogP contribution in [0.25, 0.3) is 5.69 Å². The fourth-order valence-corrected chi connectivity index (χ4v) is 1.76. The Bertz CT molecular complexity index is 551. The van der Waals surface area contributed by atoms with Gasteiger partial charge in [-0.2, -0.15) is 18.3 Å². The first kappa shape index (κ1) is 12.7. The van der Waals surface area contributed by atoms with Crippen LogP contribution in [0.2, 0.25) is 5.02 Å². The van der Waals surface area contributed by atoms with E-state index in [1.165, 1.54) is 6.20 Å². The minimum absolute atomic E-state index is 0.479. The first-order chi connectivity index (χ1) is 7.88. The lowest BCUT2D eigenvalue weighted by atomic mass is 10.3. The Morgan fingerprint density at radius 2 is 1.94 bits per heavy atom. The number of hydrogen-bond donors (Lipinski definition) is 0. The van der Waals surface area contributed by atoms with E-state index in [0.29, 0.717) is 10.7 Å². The molecule has 0 fully saturated rings. The van der Waals surface area contributed by atoms with Crippen LogP contribution in [0.3, 0.4) is 0 Å². The van der Waals surface area contributed by atoms with Crippen LogP contribution >= 0.6 is 34.2 Å². The van der Waals surface area contributed by atoms with Gasteiger partial charge in [0.15, 0.2) is 5.69 Å². The van der Waals surface area contributed by atoms with Crippen LogP contribution < -0.4 is 0 Å². The van der Waals surface area contributed by atoms with E-state index in [4.69, 9.17) is 11.6 Å². The van der Waals surface area contributed by atoms with Crippen molar-refractivity contribution in [2.45, 2.75) is 6.18 Å². The molecule has 0 aliphatic rings. The Balaban J connectivity index is 2.40. The van der Waals surface area contributed by atoms with Crippen LogP contribution in [0.1, 0.15) is 5.69 Å². The average Bonchev–Trinajstić information content (AvgIpc) is 2.70. The summed E-state index contributed by atoms with van der Waals surface area (Å²) >= 11 is 7.93. The summed E-state index contributed by atoms with van der Waals surface area (Å²) in [5.41, 5.74) is -0.432. The first-order valence-corrected chi connectivity index (χ1v) is 5.92.